The molecule has 1 aromatic carbocycles. The minimum atomic E-state index is -0.983. The van der Waals surface area contributed by atoms with Gasteiger partial charge in [0.2, 0.25) is 0 Å². The van der Waals surface area contributed by atoms with Crippen LogP contribution in [0.4, 0.5) is 4.79 Å². The number of carbonyl (C=O) groups excluding carboxylic acids is 1. The van der Waals surface area contributed by atoms with Gasteiger partial charge in [0.25, 0.3) is 0 Å². The second-order valence-electron chi connectivity index (χ2n) is 4.59. The van der Waals surface area contributed by atoms with E-state index in [1.165, 1.54) is 0 Å². The fourth-order valence-electron chi connectivity index (χ4n) is 1.57. The van der Waals surface area contributed by atoms with Crippen LogP contribution in [0, 0.1) is 0 Å². The van der Waals surface area contributed by atoms with E-state index in [4.69, 9.17) is 5.11 Å². The fourth-order valence-corrected chi connectivity index (χ4v) is 2.61. The Morgan fingerprint density at radius 1 is 1.25 bits per heavy atom. The van der Waals surface area contributed by atoms with E-state index >= 15 is 0 Å². The summed E-state index contributed by atoms with van der Waals surface area (Å²) < 4.78 is 11.8. The number of amides is 2. The molecule has 2 atom stereocenters. The predicted molar refractivity (Wildman–Crippen MR) is 80.9 cm³/mol. The molecule has 0 saturated carbocycles. The average molecular weight is 298 g/mol. The van der Waals surface area contributed by atoms with Crippen molar-refractivity contribution in [1.82, 2.24) is 10.6 Å². The lowest BCUT2D eigenvalue weighted by Gasteiger charge is -2.08. The maximum atomic E-state index is 11.8. The van der Waals surface area contributed by atoms with Crippen molar-refractivity contribution in [2.45, 2.75) is 25.2 Å². The van der Waals surface area contributed by atoms with Crippen molar-refractivity contribution in [2.75, 3.05) is 18.8 Å². The number of aliphatic hydroxyl groups excluding tert-OH is 1. The van der Waals surface area contributed by atoms with Gasteiger partial charge in [-0.05, 0) is 18.9 Å². The van der Waals surface area contributed by atoms with E-state index in [1.807, 2.05) is 30.3 Å². The van der Waals surface area contributed by atoms with Crippen molar-refractivity contribution >= 4 is 16.8 Å². The Labute approximate surface area is 122 Å². The van der Waals surface area contributed by atoms with Crippen molar-refractivity contribution in [3.63, 3.8) is 0 Å². The molecule has 2 amide bonds. The van der Waals surface area contributed by atoms with Crippen LogP contribution >= 0.6 is 0 Å². The maximum absolute atomic E-state index is 11.8. The first-order chi connectivity index (χ1) is 9.58. The van der Waals surface area contributed by atoms with Gasteiger partial charge < -0.3 is 15.7 Å². The van der Waals surface area contributed by atoms with Gasteiger partial charge in [0.05, 0.1) is 6.10 Å². The van der Waals surface area contributed by atoms with Crippen LogP contribution in [0.15, 0.2) is 30.3 Å². The zero-order valence-corrected chi connectivity index (χ0v) is 12.5. The molecular weight excluding hydrogens is 276 g/mol. The Morgan fingerprint density at radius 2 is 1.90 bits per heavy atom. The zero-order valence-electron chi connectivity index (χ0n) is 11.7. The minimum Gasteiger partial charge on any atom is -0.393 e. The van der Waals surface area contributed by atoms with E-state index in [-0.39, 0.29) is 6.03 Å². The minimum absolute atomic E-state index is 0.289. The molecule has 1 rings (SSSR count). The summed E-state index contributed by atoms with van der Waals surface area (Å²) in [5, 5.41) is 14.3. The van der Waals surface area contributed by atoms with Gasteiger partial charge in [-0.2, -0.15) is 0 Å². The second-order valence-corrected chi connectivity index (χ2v) is 6.17. The standard InChI is InChI=1S/C14H22N2O3S/c1-12(17)7-8-15-14(18)16-9-10-20(19)11-13-5-3-2-4-6-13/h2-6,12,17H,7-11H2,1H3,(H2,15,16,18). The molecule has 20 heavy (non-hydrogen) atoms. The van der Waals surface area contributed by atoms with Crippen molar-refractivity contribution in [2.24, 2.45) is 0 Å². The molecule has 0 saturated heterocycles. The summed E-state index contributed by atoms with van der Waals surface area (Å²) in [7, 11) is -0.983. The molecule has 0 spiro atoms. The largest absolute Gasteiger partial charge is 0.393 e. The second kappa shape index (κ2) is 9.50. The Kier molecular flexibility index (Phi) is 7.91. The van der Waals surface area contributed by atoms with Crippen LogP contribution in [-0.2, 0) is 16.6 Å². The molecule has 0 aliphatic rings. The van der Waals surface area contributed by atoms with Crippen LogP contribution in [0.25, 0.3) is 0 Å². The number of urea groups is 1. The molecule has 3 N–H and O–H groups in total. The third-order valence-electron chi connectivity index (χ3n) is 2.63. The first-order valence-corrected chi connectivity index (χ1v) is 8.15. The van der Waals surface area contributed by atoms with Gasteiger partial charge in [-0.3, -0.25) is 4.21 Å². The lowest BCUT2D eigenvalue weighted by Crippen LogP contribution is -2.38. The van der Waals surface area contributed by atoms with Gasteiger partial charge in [0.1, 0.15) is 0 Å². The van der Waals surface area contributed by atoms with Gasteiger partial charge in [-0.1, -0.05) is 30.3 Å². The number of aliphatic hydroxyl groups is 1. The van der Waals surface area contributed by atoms with Crippen LogP contribution in [0.2, 0.25) is 0 Å². The maximum Gasteiger partial charge on any atom is 0.314 e. The highest BCUT2D eigenvalue weighted by Crippen LogP contribution is 2.02. The highest BCUT2D eigenvalue weighted by atomic mass is 32.2. The van der Waals surface area contributed by atoms with E-state index in [1.54, 1.807) is 6.92 Å². The smallest absolute Gasteiger partial charge is 0.314 e. The molecule has 1 aromatic rings. The summed E-state index contributed by atoms with van der Waals surface area (Å²) in [5.74, 6) is 0.935. The Morgan fingerprint density at radius 3 is 2.55 bits per heavy atom. The number of rotatable bonds is 8. The van der Waals surface area contributed by atoms with Gasteiger partial charge in [0.15, 0.2) is 0 Å². The molecule has 0 radical (unpaired) electrons. The SMILES string of the molecule is CC(O)CCNC(=O)NCCS(=O)Cc1ccccc1. The van der Waals surface area contributed by atoms with E-state index in [9.17, 15) is 9.00 Å². The summed E-state index contributed by atoms with van der Waals surface area (Å²) in [4.78, 5) is 11.4. The molecule has 112 valence electrons. The molecule has 0 aliphatic carbocycles. The molecule has 6 heteroatoms. The fraction of sp³-hybridized carbons (Fsp3) is 0.500. The molecule has 2 unspecified atom stereocenters. The number of nitrogens with one attached hydrogen (secondary N) is 2. The van der Waals surface area contributed by atoms with E-state index in [2.05, 4.69) is 10.6 Å². The Bertz CT molecular complexity index is 424. The number of hydrogen-bond acceptors (Lipinski definition) is 3. The summed E-state index contributed by atoms with van der Waals surface area (Å²) >= 11 is 0. The van der Waals surface area contributed by atoms with Crippen molar-refractivity contribution in [1.29, 1.82) is 0 Å². The summed E-state index contributed by atoms with van der Waals surface area (Å²) in [6, 6.07) is 9.34. The van der Waals surface area contributed by atoms with Crippen LogP contribution in [0.5, 0.6) is 0 Å². The number of carbonyl (C=O) groups is 1. The normalized spacial score (nSPS) is 13.5. The van der Waals surface area contributed by atoms with Crippen LogP contribution in [-0.4, -0.2) is 40.3 Å². The van der Waals surface area contributed by atoms with Crippen LogP contribution in [0.1, 0.15) is 18.9 Å². The summed E-state index contributed by atoms with van der Waals surface area (Å²) in [5.41, 5.74) is 1.03. The van der Waals surface area contributed by atoms with E-state index in [0.29, 0.717) is 31.0 Å². The molecule has 0 bridgehead atoms. The molecule has 0 aromatic heterocycles. The third kappa shape index (κ3) is 7.91. The van der Waals surface area contributed by atoms with Crippen LogP contribution in [0.3, 0.4) is 0 Å². The molecule has 0 aliphatic heterocycles. The predicted octanol–water partition coefficient (Wildman–Crippen LogP) is 1.01. The first-order valence-electron chi connectivity index (χ1n) is 6.66. The summed E-state index contributed by atoms with van der Waals surface area (Å²) in [6.07, 6.45) is 0.0987. The Balaban J connectivity index is 2.11. The number of benzene rings is 1. The quantitative estimate of drug-likeness (QED) is 0.670. The topological polar surface area (TPSA) is 78.4 Å². The van der Waals surface area contributed by atoms with Crippen molar-refractivity contribution in [3.8, 4) is 0 Å². The highest BCUT2D eigenvalue weighted by molar-refractivity contribution is 7.84. The highest BCUT2D eigenvalue weighted by Gasteiger charge is 2.04. The average Bonchev–Trinajstić information content (AvgIpc) is 2.39. The van der Waals surface area contributed by atoms with E-state index < -0.39 is 16.9 Å². The van der Waals surface area contributed by atoms with E-state index in [0.717, 1.165) is 5.56 Å². The monoisotopic (exact) mass is 298 g/mol. The van der Waals surface area contributed by atoms with Crippen molar-refractivity contribution < 1.29 is 14.1 Å². The first kappa shape index (κ1) is 16.7. The molecule has 0 heterocycles. The van der Waals surface area contributed by atoms with Gasteiger partial charge in [-0.25, -0.2) is 4.79 Å². The lowest BCUT2D eigenvalue weighted by molar-refractivity contribution is 0.183. The zero-order chi connectivity index (χ0) is 14.8. The molecular formula is C14H22N2O3S. The third-order valence-corrected chi connectivity index (χ3v) is 3.95. The summed E-state index contributed by atoms with van der Waals surface area (Å²) in [6.45, 7) is 2.48. The van der Waals surface area contributed by atoms with Gasteiger partial charge in [-0.15, -0.1) is 0 Å². The number of hydrogen-bond donors (Lipinski definition) is 3. The van der Waals surface area contributed by atoms with Gasteiger partial charge in [0, 0.05) is 35.4 Å². The van der Waals surface area contributed by atoms with Crippen molar-refractivity contribution in [3.05, 3.63) is 35.9 Å². The Hall–Kier alpha value is -1.40. The van der Waals surface area contributed by atoms with Crippen LogP contribution < -0.4 is 10.6 Å². The van der Waals surface area contributed by atoms with Gasteiger partial charge >= 0.3 is 6.03 Å². The molecule has 5 nitrogen and oxygen atoms in total. The molecule has 0 fully saturated rings. The lowest BCUT2D eigenvalue weighted by atomic mass is 10.2.